The lowest BCUT2D eigenvalue weighted by Crippen LogP contribution is -2.16. The second kappa shape index (κ2) is 9.10. The van der Waals surface area contributed by atoms with Gasteiger partial charge >= 0.3 is 0 Å². The van der Waals surface area contributed by atoms with Crippen molar-refractivity contribution >= 4 is 23.2 Å². The highest BCUT2D eigenvalue weighted by Gasteiger charge is 2.13. The Balaban J connectivity index is 1.62. The van der Waals surface area contributed by atoms with Crippen molar-refractivity contribution in [2.75, 3.05) is 18.5 Å². The van der Waals surface area contributed by atoms with E-state index >= 15 is 0 Å². The summed E-state index contributed by atoms with van der Waals surface area (Å²) in [6.07, 6.45) is 0. The molecule has 0 aliphatic heterocycles. The molecule has 1 N–H and O–H groups in total. The lowest BCUT2D eigenvalue weighted by molar-refractivity contribution is 0.102. The fraction of sp³-hybridized carbons (Fsp3) is 0.136. The van der Waals surface area contributed by atoms with E-state index in [1.54, 1.807) is 30.3 Å². The zero-order valence-electron chi connectivity index (χ0n) is 14.9. The monoisotopic (exact) mass is 381 g/mol. The van der Waals surface area contributed by atoms with Crippen LogP contribution in [0, 0.1) is 6.92 Å². The molecule has 0 saturated carbocycles. The maximum absolute atomic E-state index is 12.7. The number of benzene rings is 3. The zero-order valence-corrected chi connectivity index (χ0v) is 15.7. The maximum Gasteiger partial charge on any atom is 0.259 e. The van der Waals surface area contributed by atoms with Gasteiger partial charge in [0.25, 0.3) is 5.91 Å². The molecule has 0 unspecified atom stereocenters. The third-order valence-electron chi connectivity index (χ3n) is 3.93. The van der Waals surface area contributed by atoms with E-state index in [4.69, 9.17) is 21.1 Å². The van der Waals surface area contributed by atoms with Gasteiger partial charge in [0.15, 0.2) is 0 Å². The Morgan fingerprint density at radius 3 is 2.44 bits per heavy atom. The number of anilines is 1. The van der Waals surface area contributed by atoms with Crippen LogP contribution in [0.15, 0.2) is 72.8 Å². The molecule has 27 heavy (non-hydrogen) atoms. The van der Waals surface area contributed by atoms with Gasteiger partial charge in [-0.2, -0.15) is 0 Å². The van der Waals surface area contributed by atoms with Crippen molar-refractivity contribution in [2.24, 2.45) is 0 Å². The molecule has 3 aromatic carbocycles. The van der Waals surface area contributed by atoms with E-state index < -0.39 is 0 Å². The first-order valence-electron chi connectivity index (χ1n) is 8.60. The fourth-order valence-corrected chi connectivity index (χ4v) is 2.70. The van der Waals surface area contributed by atoms with E-state index in [-0.39, 0.29) is 5.91 Å². The molecule has 0 aromatic heterocycles. The van der Waals surface area contributed by atoms with Crippen LogP contribution >= 0.6 is 11.6 Å². The van der Waals surface area contributed by atoms with Gasteiger partial charge in [-0.15, -0.1) is 0 Å². The van der Waals surface area contributed by atoms with Crippen LogP contribution in [-0.2, 0) is 0 Å². The molecule has 3 aromatic rings. The first-order chi connectivity index (χ1) is 13.1. The average Bonchev–Trinajstić information content (AvgIpc) is 2.69. The molecule has 5 heteroatoms. The van der Waals surface area contributed by atoms with Gasteiger partial charge < -0.3 is 14.8 Å². The molecule has 0 radical (unpaired) electrons. The summed E-state index contributed by atoms with van der Waals surface area (Å²) >= 11 is 6.02. The van der Waals surface area contributed by atoms with Crippen molar-refractivity contribution in [3.63, 3.8) is 0 Å². The molecule has 0 fully saturated rings. The SMILES string of the molecule is Cc1ccc(Cl)cc1NC(=O)c1ccccc1OCCOc1ccccc1. The van der Waals surface area contributed by atoms with Crippen molar-refractivity contribution in [1.29, 1.82) is 0 Å². The predicted octanol–water partition coefficient (Wildman–Crippen LogP) is 5.36. The van der Waals surface area contributed by atoms with Gasteiger partial charge in [0.05, 0.1) is 5.56 Å². The van der Waals surface area contributed by atoms with Gasteiger partial charge in [-0.05, 0) is 48.9 Å². The Kier molecular flexibility index (Phi) is 6.34. The van der Waals surface area contributed by atoms with Gasteiger partial charge in [0.2, 0.25) is 0 Å². The van der Waals surface area contributed by atoms with Gasteiger partial charge in [0, 0.05) is 10.7 Å². The number of hydrogen-bond donors (Lipinski definition) is 1. The number of aryl methyl sites for hydroxylation is 1. The second-order valence-corrected chi connectivity index (χ2v) is 6.36. The third kappa shape index (κ3) is 5.25. The minimum Gasteiger partial charge on any atom is -0.490 e. The molecule has 0 spiro atoms. The van der Waals surface area contributed by atoms with Crippen LogP contribution in [0.2, 0.25) is 5.02 Å². The summed E-state index contributed by atoms with van der Waals surface area (Å²) in [5.74, 6) is 1.04. The molecular formula is C22H20ClNO3. The highest BCUT2D eigenvalue weighted by molar-refractivity contribution is 6.31. The van der Waals surface area contributed by atoms with Gasteiger partial charge in [-0.1, -0.05) is 48.0 Å². The number of ether oxygens (including phenoxy) is 2. The Bertz CT molecular complexity index is 912. The molecule has 0 heterocycles. The highest BCUT2D eigenvalue weighted by atomic mass is 35.5. The maximum atomic E-state index is 12.7. The number of carbonyl (C=O) groups is 1. The van der Waals surface area contributed by atoms with Crippen molar-refractivity contribution in [3.05, 3.63) is 88.9 Å². The van der Waals surface area contributed by atoms with Crippen molar-refractivity contribution < 1.29 is 14.3 Å². The van der Waals surface area contributed by atoms with Crippen LogP contribution in [0.5, 0.6) is 11.5 Å². The van der Waals surface area contributed by atoms with E-state index in [9.17, 15) is 4.79 Å². The number of halogens is 1. The Morgan fingerprint density at radius 2 is 1.63 bits per heavy atom. The molecule has 3 rings (SSSR count). The summed E-state index contributed by atoms with van der Waals surface area (Å²) in [6.45, 7) is 2.62. The van der Waals surface area contributed by atoms with Crippen LogP contribution in [0.1, 0.15) is 15.9 Å². The summed E-state index contributed by atoms with van der Waals surface area (Å²) in [5, 5.41) is 3.46. The summed E-state index contributed by atoms with van der Waals surface area (Å²) in [4.78, 5) is 12.7. The van der Waals surface area contributed by atoms with Crippen LogP contribution < -0.4 is 14.8 Å². The first kappa shape index (κ1) is 18.8. The molecule has 0 atom stereocenters. The third-order valence-corrected chi connectivity index (χ3v) is 4.17. The van der Waals surface area contributed by atoms with Crippen molar-refractivity contribution in [2.45, 2.75) is 6.92 Å². The van der Waals surface area contributed by atoms with E-state index in [0.717, 1.165) is 11.3 Å². The van der Waals surface area contributed by atoms with E-state index in [1.165, 1.54) is 0 Å². The summed E-state index contributed by atoms with van der Waals surface area (Å²) < 4.78 is 11.4. The van der Waals surface area contributed by atoms with Crippen molar-refractivity contribution in [1.82, 2.24) is 0 Å². The molecule has 138 valence electrons. The van der Waals surface area contributed by atoms with Crippen LogP contribution in [0.3, 0.4) is 0 Å². The number of para-hydroxylation sites is 2. The van der Waals surface area contributed by atoms with Crippen LogP contribution in [0.25, 0.3) is 0 Å². The molecule has 0 saturated heterocycles. The lowest BCUT2D eigenvalue weighted by Gasteiger charge is -2.13. The Morgan fingerprint density at radius 1 is 0.926 bits per heavy atom. The molecule has 0 aliphatic carbocycles. The minimum atomic E-state index is -0.250. The van der Waals surface area contributed by atoms with Gasteiger partial charge in [-0.25, -0.2) is 0 Å². The largest absolute Gasteiger partial charge is 0.490 e. The smallest absolute Gasteiger partial charge is 0.259 e. The number of amides is 1. The molecule has 0 bridgehead atoms. The zero-order chi connectivity index (χ0) is 19.1. The van der Waals surface area contributed by atoms with Crippen molar-refractivity contribution in [3.8, 4) is 11.5 Å². The van der Waals surface area contributed by atoms with E-state index in [0.29, 0.717) is 35.2 Å². The molecule has 0 aliphatic rings. The quantitative estimate of drug-likeness (QED) is 0.560. The van der Waals surface area contributed by atoms with Crippen LogP contribution in [-0.4, -0.2) is 19.1 Å². The van der Waals surface area contributed by atoms with E-state index in [1.807, 2.05) is 49.4 Å². The second-order valence-electron chi connectivity index (χ2n) is 5.92. The summed E-state index contributed by atoms with van der Waals surface area (Å²) in [6, 6.07) is 22.0. The van der Waals surface area contributed by atoms with Crippen LogP contribution in [0.4, 0.5) is 5.69 Å². The molecule has 1 amide bonds. The van der Waals surface area contributed by atoms with E-state index in [2.05, 4.69) is 5.32 Å². The highest BCUT2D eigenvalue weighted by Crippen LogP contribution is 2.23. The average molecular weight is 382 g/mol. The lowest BCUT2D eigenvalue weighted by atomic mass is 10.1. The summed E-state index contributed by atoms with van der Waals surface area (Å²) in [5.41, 5.74) is 2.06. The Labute approximate surface area is 163 Å². The topological polar surface area (TPSA) is 47.6 Å². The summed E-state index contributed by atoms with van der Waals surface area (Å²) in [7, 11) is 0. The first-order valence-corrected chi connectivity index (χ1v) is 8.98. The number of rotatable bonds is 7. The predicted molar refractivity (Wildman–Crippen MR) is 108 cm³/mol. The minimum absolute atomic E-state index is 0.250. The number of hydrogen-bond acceptors (Lipinski definition) is 3. The van der Waals surface area contributed by atoms with Gasteiger partial charge in [-0.3, -0.25) is 4.79 Å². The van der Waals surface area contributed by atoms with Gasteiger partial charge in [0.1, 0.15) is 24.7 Å². The standard InChI is InChI=1S/C22H20ClNO3/c1-16-11-12-17(23)15-20(16)24-22(25)19-9-5-6-10-21(19)27-14-13-26-18-7-3-2-4-8-18/h2-12,15H,13-14H2,1H3,(H,24,25). The number of carbonyl (C=O) groups excluding carboxylic acids is 1. The number of nitrogens with one attached hydrogen (secondary N) is 1. The molecule has 4 nitrogen and oxygen atoms in total. The normalized spacial score (nSPS) is 10.3. The Hall–Kier alpha value is -2.98. The molecular weight excluding hydrogens is 362 g/mol. The fourth-order valence-electron chi connectivity index (χ4n) is 2.53.